The molecule has 10 heteroatoms. The van der Waals surface area contributed by atoms with Crippen LogP contribution in [0, 0.1) is 0 Å². The van der Waals surface area contributed by atoms with Gasteiger partial charge >= 0.3 is 12.3 Å². The molecule has 0 aromatic heterocycles. The van der Waals surface area contributed by atoms with Gasteiger partial charge in [0.05, 0.1) is 5.56 Å². The maximum atomic E-state index is 12.6. The molecule has 1 aliphatic rings. The van der Waals surface area contributed by atoms with E-state index in [9.17, 15) is 27.6 Å². The van der Waals surface area contributed by atoms with E-state index in [0.29, 0.717) is 25.9 Å². The fourth-order valence-electron chi connectivity index (χ4n) is 3.10. The van der Waals surface area contributed by atoms with E-state index >= 15 is 0 Å². The van der Waals surface area contributed by atoms with E-state index in [4.69, 9.17) is 4.74 Å². The first-order valence-electron chi connectivity index (χ1n) is 10.1. The van der Waals surface area contributed by atoms with E-state index in [2.05, 4.69) is 10.6 Å². The monoisotopic (exact) mass is 443 g/mol. The molecule has 1 saturated heterocycles. The molecule has 0 atom stereocenters. The van der Waals surface area contributed by atoms with E-state index in [-0.39, 0.29) is 36.4 Å². The van der Waals surface area contributed by atoms with Crippen molar-refractivity contribution in [1.82, 2.24) is 15.5 Å². The van der Waals surface area contributed by atoms with Gasteiger partial charge in [0.25, 0.3) is 5.91 Å². The molecule has 0 spiro atoms. The number of carbonyl (C=O) groups excluding carboxylic acids is 3. The third kappa shape index (κ3) is 8.10. The van der Waals surface area contributed by atoms with Crippen molar-refractivity contribution in [2.75, 3.05) is 19.6 Å². The largest absolute Gasteiger partial charge is 0.444 e. The van der Waals surface area contributed by atoms with E-state index in [1.807, 2.05) is 0 Å². The number of benzene rings is 1. The molecule has 31 heavy (non-hydrogen) atoms. The molecule has 1 aliphatic heterocycles. The Kier molecular flexibility index (Phi) is 7.91. The summed E-state index contributed by atoms with van der Waals surface area (Å²) in [5, 5.41) is 5.39. The molecule has 7 nitrogen and oxygen atoms in total. The Bertz CT molecular complexity index is 781. The first kappa shape index (κ1) is 24.5. The average Bonchev–Trinajstić information content (AvgIpc) is 2.66. The Morgan fingerprint density at radius 1 is 1.06 bits per heavy atom. The molecule has 1 heterocycles. The van der Waals surface area contributed by atoms with Crippen molar-refractivity contribution in [2.45, 2.75) is 57.9 Å². The first-order valence-corrected chi connectivity index (χ1v) is 10.1. The van der Waals surface area contributed by atoms with Crippen LogP contribution in [0.1, 0.15) is 56.0 Å². The Labute approximate surface area is 179 Å². The fourth-order valence-corrected chi connectivity index (χ4v) is 3.10. The summed E-state index contributed by atoms with van der Waals surface area (Å²) in [6.07, 6.45) is -3.85. The van der Waals surface area contributed by atoms with Gasteiger partial charge in [-0.05, 0) is 57.9 Å². The van der Waals surface area contributed by atoms with Crippen molar-refractivity contribution in [3.63, 3.8) is 0 Å². The van der Waals surface area contributed by atoms with Gasteiger partial charge in [-0.2, -0.15) is 13.2 Å². The highest BCUT2D eigenvalue weighted by atomic mass is 19.4. The quantitative estimate of drug-likeness (QED) is 0.731. The summed E-state index contributed by atoms with van der Waals surface area (Å²) in [5.74, 6) is -0.552. The number of rotatable bonds is 5. The second-order valence-electron chi connectivity index (χ2n) is 8.39. The number of halogens is 3. The summed E-state index contributed by atoms with van der Waals surface area (Å²) in [7, 11) is 0. The SMILES string of the molecule is CC(C)(C)OC(=O)NCCC(=O)NC1CCN(C(=O)c2ccc(C(F)(F)F)cc2)CC1. The number of hydrogen-bond acceptors (Lipinski definition) is 4. The molecular weight excluding hydrogens is 415 g/mol. The number of amides is 3. The van der Waals surface area contributed by atoms with Crippen LogP contribution in [0.15, 0.2) is 24.3 Å². The van der Waals surface area contributed by atoms with Crippen molar-refractivity contribution in [3.8, 4) is 0 Å². The molecule has 2 N–H and O–H groups in total. The number of piperidine rings is 1. The summed E-state index contributed by atoms with van der Waals surface area (Å²) in [6, 6.07) is 4.04. The van der Waals surface area contributed by atoms with Gasteiger partial charge in [0.1, 0.15) is 5.60 Å². The van der Waals surface area contributed by atoms with Gasteiger partial charge in [0.15, 0.2) is 0 Å². The molecule has 172 valence electrons. The molecule has 0 aliphatic carbocycles. The Balaban J connectivity index is 1.72. The maximum Gasteiger partial charge on any atom is 0.416 e. The number of nitrogens with one attached hydrogen (secondary N) is 2. The van der Waals surface area contributed by atoms with E-state index < -0.39 is 23.4 Å². The second kappa shape index (κ2) is 10.0. The molecule has 2 rings (SSSR count). The first-order chi connectivity index (χ1) is 14.3. The van der Waals surface area contributed by atoms with Crippen molar-refractivity contribution in [2.24, 2.45) is 0 Å². The normalized spacial score (nSPS) is 15.4. The standard InChI is InChI=1S/C21H28F3N3O4/c1-20(2,3)31-19(30)25-11-8-17(28)26-16-9-12-27(13-10-16)18(29)14-4-6-15(7-5-14)21(22,23)24/h4-7,16H,8-13H2,1-3H3,(H,25,30)(H,26,28). The van der Waals surface area contributed by atoms with Crippen LogP contribution in [-0.2, 0) is 15.7 Å². The van der Waals surface area contributed by atoms with Gasteiger partial charge in [-0.1, -0.05) is 0 Å². The highest BCUT2D eigenvalue weighted by molar-refractivity contribution is 5.94. The third-order valence-corrected chi connectivity index (χ3v) is 4.63. The van der Waals surface area contributed by atoms with Gasteiger partial charge in [-0.15, -0.1) is 0 Å². The molecular formula is C21H28F3N3O4. The molecule has 1 aromatic rings. The summed E-state index contributed by atoms with van der Waals surface area (Å²) >= 11 is 0. The number of alkyl halides is 3. The van der Waals surface area contributed by atoms with Crippen LogP contribution in [0.4, 0.5) is 18.0 Å². The minimum atomic E-state index is -4.44. The smallest absolute Gasteiger partial charge is 0.416 e. The fraction of sp³-hybridized carbons (Fsp3) is 0.571. The topological polar surface area (TPSA) is 87.7 Å². The minimum Gasteiger partial charge on any atom is -0.444 e. The lowest BCUT2D eigenvalue weighted by molar-refractivity contribution is -0.137. The molecule has 0 saturated carbocycles. The molecule has 3 amide bonds. The van der Waals surface area contributed by atoms with Crippen molar-refractivity contribution >= 4 is 17.9 Å². The van der Waals surface area contributed by atoms with Gasteiger partial charge in [0.2, 0.25) is 5.91 Å². The lowest BCUT2D eigenvalue weighted by Crippen LogP contribution is -2.47. The van der Waals surface area contributed by atoms with Gasteiger partial charge in [0, 0.05) is 37.7 Å². The van der Waals surface area contributed by atoms with E-state index in [1.165, 1.54) is 12.1 Å². The highest BCUT2D eigenvalue weighted by Crippen LogP contribution is 2.29. The molecule has 1 fully saturated rings. The number of carbonyl (C=O) groups is 3. The lowest BCUT2D eigenvalue weighted by atomic mass is 10.0. The number of alkyl carbamates (subject to hydrolysis) is 1. The van der Waals surface area contributed by atoms with E-state index in [0.717, 1.165) is 12.1 Å². The van der Waals surface area contributed by atoms with Crippen LogP contribution in [-0.4, -0.2) is 54.1 Å². The summed E-state index contributed by atoms with van der Waals surface area (Å²) in [5.41, 5.74) is -1.21. The second-order valence-corrected chi connectivity index (χ2v) is 8.39. The number of nitrogens with zero attached hydrogens (tertiary/aromatic N) is 1. The van der Waals surface area contributed by atoms with Crippen LogP contribution in [0.2, 0.25) is 0 Å². The summed E-state index contributed by atoms with van der Waals surface area (Å²) in [6.45, 7) is 6.16. The number of likely N-dealkylation sites (tertiary alicyclic amines) is 1. The third-order valence-electron chi connectivity index (χ3n) is 4.63. The van der Waals surface area contributed by atoms with Gasteiger partial charge in [-0.3, -0.25) is 9.59 Å². The zero-order valence-corrected chi connectivity index (χ0v) is 17.8. The summed E-state index contributed by atoms with van der Waals surface area (Å²) in [4.78, 5) is 37.7. The van der Waals surface area contributed by atoms with Crippen LogP contribution in [0.5, 0.6) is 0 Å². The van der Waals surface area contributed by atoms with Crippen molar-refractivity contribution in [1.29, 1.82) is 0 Å². The van der Waals surface area contributed by atoms with Gasteiger partial charge in [-0.25, -0.2) is 4.79 Å². The Morgan fingerprint density at radius 2 is 1.65 bits per heavy atom. The zero-order chi connectivity index (χ0) is 23.2. The van der Waals surface area contributed by atoms with Crippen LogP contribution in [0.25, 0.3) is 0 Å². The predicted octanol–water partition coefficient (Wildman–Crippen LogP) is 3.34. The molecule has 0 radical (unpaired) electrons. The Hall–Kier alpha value is -2.78. The molecule has 0 bridgehead atoms. The summed E-state index contributed by atoms with van der Waals surface area (Å²) < 4.78 is 43.0. The van der Waals surface area contributed by atoms with Crippen molar-refractivity contribution in [3.05, 3.63) is 35.4 Å². The molecule has 0 unspecified atom stereocenters. The number of hydrogen-bond donors (Lipinski definition) is 2. The van der Waals surface area contributed by atoms with Crippen LogP contribution in [0.3, 0.4) is 0 Å². The minimum absolute atomic E-state index is 0.101. The Morgan fingerprint density at radius 3 is 2.16 bits per heavy atom. The van der Waals surface area contributed by atoms with Crippen molar-refractivity contribution < 1.29 is 32.3 Å². The zero-order valence-electron chi connectivity index (χ0n) is 17.8. The lowest BCUT2D eigenvalue weighted by Gasteiger charge is -2.32. The van der Waals surface area contributed by atoms with E-state index in [1.54, 1.807) is 25.7 Å². The number of ether oxygens (including phenoxy) is 1. The molecule has 1 aromatic carbocycles. The maximum absolute atomic E-state index is 12.6. The van der Waals surface area contributed by atoms with Crippen LogP contribution < -0.4 is 10.6 Å². The predicted molar refractivity (Wildman–Crippen MR) is 107 cm³/mol. The highest BCUT2D eigenvalue weighted by Gasteiger charge is 2.31. The van der Waals surface area contributed by atoms with Gasteiger partial charge < -0.3 is 20.3 Å². The average molecular weight is 443 g/mol. The van der Waals surface area contributed by atoms with Crippen LogP contribution >= 0.6 is 0 Å².